The summed E-state index contributed by atoms with van der Waals surface area (Å²) in [6.45, 7) is 0. The quantitative estimate of drug-likeness (QED) is 0.186. The normalized spacial score (nSPS) is 11.5. The molecule has 0 atom stereocenters. The molecule has 10 aromatic rings. The maximum Gasteiger partial charge on any atom is 0.160 e. The smallest absolute Gasteiger partial charge is 0.160 e. The van der Waals surface area contributed by atoms with Gasteiger partial charge in [0.15, 0.2) is 5.82 Å². The van der Waals surface area contributed by atoms with E-state index in [-0.39, 0.29) is 0 Å². The van der Waals surface area contributed by atoms with E-state index in [4.69, 9.17) is 14.4 Å². The number of hydrogen-bond acceptors (Lipinski definition) is 3. The van der Waals surface area contributed by atoms with E-state index in [0.29, 0.717) is 5.82 Å². The van der Waals surface area contributed by atoms with Gasteiger partial charge in [-0.3, -0.25) is 0 Å². The summed E-state index contributed by atoms with van der Waals surface area (Å²) in [6.07, 6.45) is 0. The Morgan fingerprint density at radius 2 is 0.784 bits per heavy atom. The van der Waals surface area contributed by atoms with E-state index < -0.39 is 0 Å². The van der Waals surface area contributed by atoms with Gasteiger partial charge in [-0.05, 0) is 50.4 Å². The number of hydrogen-bond donors (Lipinski definition) is 0. The summed E-state index contributed by atoms with van der Waals surface area (Å²) in [5.74, 6) is 0.694. The Bertz CT molecular complexity index is 2910. The van der Waals surface area contributed by atoms with Gasteiger partial charge in [0.2, 0.25) is 0 Å². The van der Waals surface area contributed by atoms with Crippen molar-refractivity contribution < 1.29 is 4.42 Å². The van der Waals surface area contributed by atoms with Crippen LogP contribution >= 0.6 is 0 Å². The van der Waals surface area contributed by atoms with Crippen molar-refractivity contribution in [3.8, 4) is 56.2 Å². The van der Waals surface area contributed by atoms with E-state index in [1.54, 1.807) is 0 Å². The van der Waals surface area contributed by atoms with Gasteiger partial charge in [-0.15, -0.1) is 0 Å². The molecule has 51 heavy (non-hydrogen) atoms. The van der Waals surface area contributed by atoms with Crippen LogP contribution in [0.15, 0.2) is 186 Å². The molecule has 0 aliphatic heterocycles. The van der Waals surface area contributed by atoms with Crippen LogP contribution in [0.25, 0.3) is 99.6 Å². The van der Waals surface area contributed by atoms with Crippen LogP contribution in [-0.2, 0) is 0 Å². The van der Waals surface area contributed by atoms with Crippen LogP contribution in [0.2, 0.25) is 0 Å². The number of fused-ring (bicyclic) bond motifs is 5. The van der Waals surface area contributed by atoms with Crippen LogP contribution in [0.3, 0.4) is 0 Å². The lowest BCUT2D eigenvalue weighted by atomic mass is 9.92. The highest BCUT2D eigenvalue weighted by Crippen LogP contribution is 2.42. The molecular weight excluding hydrogens is 621 g/mol. The number of benzene rings is 8. The summed E-state index contributed by atoms with van der Waals surface area (Å²) in [4.78, 5) is 10.5. The van der Waals surface area contributed by atoms with Crippen molar-refractivity contribution in [1.82, 2.24) is 9.97 Å². The Balaban J connectivity index is 1.19. The minimum atomic E-state index is 0.694. The Kier molecular flexibility index (Phi) is 6.81. The van der Waals surface area contributed by atoms with Gasteiger partial charge < -0.3 is 4.42 Å². The fourth-order valence-electron chi connectivity index (χ4n) is 7.56. The number of rotatable bonds is 5. The van der Waals surface area contributed by atoms with E-state index >= 15 is 0 Å². The first-order valence-electron chi connectivity index (χ1n) is 17.2. The topological polar surface area (TPSA) is 38.9 Å². The molecule has 0 N–H and O–H groups in total. The van der Waals surface area contributed by atoms with Gasteiger partial charge in [0, 0.05) is 33.0 Å². The van der Waals surface area contributed by atoms with Crippen molar-refractivity contribution in [2.75, 3.05) is 0 Å². The second-order valence-corrected chi connectivity index (χ2v) is 12.9. The first-order chi connectivity index (χ1) is 25.3. The van der Waals surface area contributed by atoms with Crippen molar-refractivity contribution in [3.63, 3.8) is 0 Å². The third-order valence-corrected chi connectivity index (χ3v) is 9.94. The van der Waals surface area contributed by atoms with Crippen LogP contribution in [0, 0.1) is 0 Å². The van der Waals surface area contributed by atoms with Crippen molar-refractivity contribution in [2.24, 2.45) is 0 Å². The van der Waals surface area contributed by atoms with E-state index in [1.807, 2.05) is 30.3 Å². The zero-order valence-electron chi connectivity index (χ0n) is 27.6. The number of furan rings is 1. The fourth-order valence-corrected chi connectivity index (χ4v) is 7.56. The molecule has 0 unspecified atom stereocenters. The lowest BCUT2D eigenvalue weighted by Gasteiger charge is -2.15. The van der Waals surface area contributed by atoms with Crippen molar-refractivity contribution in [2.45, 2.75) is 0 Å². The SMILES string of the molecule is c1ccc(-c2nc(-c3cccc4c(-c5ccccc5)cccc34)cc(-c3ccc(-c4cccc5c4oc4ccccc45)c4ccccc34)n2)cc1. The molecule has 10 rings (SSSR count). The van der Waals surface area contributed by atoms with Crippen molar-refractivity contribution in [3.05, 3.63) is 182 Å². The van der Waals surface area contributed by atoms with Gasteiger partial charge in [-0.25, -0.2) is 9.97 Å². The summed E-state index contributed by atoms with van der Waals surface area (Å²) in [5.41, 5.74) is 11.2. The Labute approximate surface area is 295 Å². The minimum absolute atomic E-state index is 0.694. The van der Waals surface area contributed by atoms with Gasteiger partial charge in [-0.2, -0.15) is 0 Å². The monoisotopic (exact) mass is 650 g/mol. The molecule has 2 aromatic heterocycles. The standard InChI is InChI=1S/C48H30N2O/c1-3-14-31(15-4-1)33-21-11-23-37-34(33)22-12-24-39(37)44-30-45(50-48(49-44)32-16-5-2-6-17-32)40-29-28-38(35-18-7-8-19-36(35)40)42-25-13-26-43-41-20-9-10-27-46(41)51-47(42)43/h1-30H. The van der Waals surface area contributed by atoms with E-state index in [9.17, 15) is 0 Å². The van der Waals surface area contributed by atoms with Gasteiger partial charge >= 0.3 is 0 Å². The zero-order valence-corrected chi connectivity index (χ0v) is 27.6. The molecule has 2 heterocycles. The number of aromatic nitrogens is 2. The van der Waals surface area contributed by atoms with E-state index in [0.717, 1.165) is 77.3 Å². The molecule has 0 saturated heterocycles. The summed E-state index contributed by atoms with van der Waals surface area (Å²) in [5, 5.41) is 6.85. The Morgan fingerprint density at radius 3 is 1.49 bits per heavy atom. The lowest BCUT2D eigenvalue weighted by molar-refractivity contribution is 0.670. The first kappa shape index (κ1) is 29.1. The molecule has 0 amide bonds. The summed E-state index contributed by atoms with van der Waals surface area (Å²) in [6, 6.07) is 63.7. The summed E-state index contributed by atoms with van der Waals surface area (Å²) >= 11 is 0. The Hall–Kier alpha value is -6.84. The largest absolute Gasteiger partial charge is 0.455 e. The lowest BCUT2D eigenvalue weighted by Crippen LogP contribution is -1.97. The molecule has 238 valence electrons. The third kappa shape index (κ3) is 4.90. The predicted molar refractivity (Wildman–Crippen MR) is 212 cm³/mol. The highest BCUT2D eigenvalue weighted by molar-refractivity contribution is 6.14. The van der Waals surface area contributed by atoms with Gasteiger partial charge in [0.1, 0.15) is 11.2 Å². The molecular formula is C48H30N2O. The highest BCUT2D eigenvalue weighted by atomic mass is 16.3. The molecule has 3 heteroatoms. The minimum Gasteiger partial charge on any atom is -0.455 e. The van der Waals surface area contributed by atoms with Gasteiger partial charge in [0.05, 0.1) is 11.4 Å². The molecule has 0 spiro atoms. The molecule has 0 radical (unpaired) electrons. The van der Waals surface area contributed by atoms with Crippen molar-refractivity contribution in [1.29, 1.82) is 0 Å². The average Bonchev–Trinajstić information content (AvgIpc) is 3.60. The van der Waals surface area contributed by atoms with Gasteiger partial charge in [-0.1, -0.05) is 170 Å². The van der Waals surface area contributed by atoms with Crippen LogP contribution in [0.1, 0.15) is 0 Å². The number of para-hydroxylation sites is 2. The maximum atomic E-state index is 6.48. The number of nitrogens with zero attached hydrogens (tertiary/aromatic N) is 2. The molecule has 0 bridgehead atoms. The second-order valence-electron chi connectivity index (χ2n) is 12.9. The van der Waals surface area contributed by atoms with E-state index in [2.05, 4.69) is 152 Å². The molecule has 0 aliphatic carbocycles. The molecule has 3 nitrogen and oxygen atoms in total. The molecule has 0 aliphatic rings. The van der Waals surface area contributed by atoms with Crippen LogP contribution in [0.4, 0.5) is 0 Å². The zero-order chi connectivity index (χ0) is 33.7. The molecule has 8 aromatic carbocycles. The van der Waals surface area contributed by atoms with Crippen molar-refractivity contribution >= 4 is 43.5 Å². The Morgan fingerprint density at radius 1 is 0.314 bits per heavy atom. The second kappa shape index (κ2) is 11.9. The third-order valence-electron chi connectivity index (χ3n) is 9.94. The summed E-state index contributed by atoms with van der Waals surface area (Å²) in [7, 11) is 0. The molecule has 0 fully saturated rings. The van der Waals surface area contributed by atoms with Gasteiger partial charge in [0.25, 0.3) is 0 Å². The van der Waals surface area contributed by atoms with Crippen LogP contribution in [0.5, 0.6) is 0 Å². The van der Waals surface area contributed by atoms with Crippen LogP contribution < -0.4 is 0 Å². The van der Waals surface area contributed by atoms with E-state index in [1.165, 1.54) is 16.5 Å². The molecule has 0 saturated carbocycles. The average molecular weight is 651 g/mol. The maximum absolute atomic E-state index is 6.48. The van der Waals surface area contributed by atoms with Crippen LogP contribution in [-0.4, -0.2) is 9.97 Å². The predicted octanol–water partition coefficient (Wildman–Crippen LogP) is 13.0. The summed E-state index contributed by atoms with van der Waals surface area (Å²) < 4.78 is 6.48. The highest BCUT2D eigenvalue weighted by Gasteiger charge is 2.18. The first-order valence-corrected chi connectivity index (χ1v) is 17.2. The fraction of sp³-hybridized carbons (Fsp3) is 0.